The Kier molecular flexibility index (Phi) is 6.69. The summed E-state index contributed by atoms with van der Waals surface area (Å²) in [6, 6.07) is 10.4. The number of nitrogens with zero attached hydrogens (tertiary/aromatic N) is 5. The average Bonchev–Trinajstić information content (AvgIpc) is 3.31. The van der Waals surface area contributed by atoms with Crippen LogP contribution < -0.4 is 10.6 Å². The molecule has 1 aromatic carbocycles. The zero-order valence-electron chi connectivity index (χ0n) is 18.0. The maximum absolute atomic E-state index is 4.82. The number of hydrogen-bond donors (Lipinski definition) is 2. The van der Waals surface area contributed by atoms with Crippen molar-refractivity contribution in [3.8, 4) is 5.69 Å². The highest BCUT2D eigenvalue weighted by atomic mass is 15.3. The Morgan fingerprint density at radius 3 is 2.66 bits per heavy atom. The molecule has 0 aliphatic carbocycles. The van der Waals surface area contributed by atoms with Gasteiger partial charge in [-0.05, 0) is 57.4 Å². The number of guanidine groups is 1. The van der Waals surface area contributed by atoms with Crippen molar-refractivity contribution in [2.75, 3.05) is 6.54 Å². The van der Waals surface area contributed by atoms with Gasteiger partial charge in [-0.1, -0.05) is 18.2 Å². The first kappa shape index (κ1) is 20.6. The largest absolute Gasteiger partial charge is 0.357 e. The molecule has 2 N–H and O–H groups in total. The SMILES string of the molecule is CCNC(=NCc1ccccc1-n1cccn1)NC(C)Cc1c(C)nn(C)c1C. The molecule has 0 saturated heterocycles. The highest BCUT2D eigenvalue weighted by molar-refractivity contribution is 5.80. The van der Waals surface area contributed by atoms with Crippen molar-refractivity contribution in [2.24, 2.45) is 12.0 Å². The van der Waals surface area contributed by atoms with E-state index in [1.807, 2.05) is 40.8 Å². The molecule has 2 heterocycles. The second kappa shape index (κ2) is 9.41. The van der Waals surface area contributed by atoms with Crippen LogP contribution >= 0.6 is 0 Å². The highest BCUT2D eigenvalue weighted by Crippen LogP contribution is 2.15. The lowest BCUT2D eigenvalue weighted by atomic mass is 10.1. The number of aryl methyl sites for hydroxylation is 2. The maximum Gasteiger partial charge on any atom is 0.191 e. The Bertz CT molecular complexity index is 954. The number of nitrogens with one attached hydrogen (secondary N) is 2. The van der Waals surface area contributed by atoms with Crippen LogP contribution in [0.25, 0.3) is 5.69 Å². The van der Waals surface area contributed by atoms with Crippen molar-refractivity contribution in [3.63, 3.8) is 0 Å². The van der Waals surface area contributed by atoms with Crippen LogP contribution in [0.5, 0.6) is 0 Å². The summed E-state index contributed by atoms with van der Waals surface area (Å²) in [5.74, 6) is 0.814. The van der Waals surface area contributed by atoms with Gasteiger partial charge in [-0.15, -0.1) is 0 Å². The minimum absolute atomic E-state index is 0.232. The first-order valence-electron chi connectivity index (χ1n) is 10.1. The van der Waals surface area contributed by atoms with Crippen LogP contribution in [0.4, 0.5) is 0 Å². The number of rotatable bonds is 7. The van der Waals surface area contributed by atoms with Gasteiger partial charge in [0.1, 0.15) is 0 Å². The molecule has 3 rings (SSSR count). The third-order valence-electron chi connectivity index (χ3n) is 5.05. The third kappa shape index (κ3) is 5.04. The van der Waals surface area contributed by atoms with E-state index in [0.29, 0.717) is 6.54 Å². The Balaban J connectivity index is 1.72. The van der Waals surface area contributed by atoms with Gasteiger partial charge in [-0.2, -0.15) is 10.2 Å². The van der Waals surface area contributed by atoms with E-state index < -0.39 is 0 Å². The quantitative estimate of drug-likeness (QED) is 0.478. The van der Waals surface area contributed by atoms with Crippen LogP contribution in [-0.2, 0) is 20.0 Å². The molecule has 0 amide bonds. The van der Waals surface area contributed by atoms with Gasteiger partial charge in [-0.3, -0.25) is 4.68 Å². The minimum Gasteiger partial charge on any atom is -0.357 e. The van der Waals surface area contributed by atoms with E-state index in [1.54, 1.807) is 6.20 Å². The molecule has 3 aromatic rings. The predicted octanol–water partition coefficient (Wildman–Crippen LogP) is 2.91. The number of aliphatic imine (C=N–C) groups is 1. The summed E-state index contributed by atoms with van der Waals surface area (Å²) in [5.41, 5.74) is 5.78. The molecule has 0 saturated carbocycles. The van der Waals surface area contributed by atoms with Gasteiger partial charge in [-0.25, -0.2) is 9.67 Å². The molecule has 2 aromatic heterocycles. The Labute approximate surface area is 172 Å². The summed E-state index contributed by atoms with van der Waals surface area (Å²) in [6.07, 6.45) is 4.64. The highest BCUT2D eigenvalue weighted by Gasteiger charge is 2.14. The molecule has 0 aliphatic heterocycles. The van der Waals surface area contributed by atoms with Crippen molar-refractivity contribution >= 4 is 5.96 Å². The van der Waals surface area contributed by atoms with Gasteiger partial charge in [0.25, 0.3) is 0 Å². The first-order valence-corrected chi connectivity index (χ1v) is 10.1. The average molecular weight is 394 g/mol. The van der Waals surface area contributed by atoms with Crippen LogP contribution in [0.2, 0.25) is 0 Å². The van der Waals surface area contributed by atoms with E-state index in [4.69, 9.17) is 4.99 Å². The maximum atomic E-state index is 4.82. The normalized spacial score (nSPS) is 12.8. The topological polar surface area (TPSA) is 72.1 Å². The fourth-order valence-electron chi connectivity index (χ4n) is 3.47. The summed E-state index contributed by atoms with van der Waals surface area (Å²) in [7, 11) is 1.99. The Hall–Kier alpha value is -3.09. The first-order chi connectivity index (χ1) is 14.0. The molecular weight excluding hydrogens is 362 g/mol. The Morgan fingerprint density at radius 2 is 2.00 bits per heavy atom. The van der Waals surface area contributed by atoms with E-state index in [1.165, 1.54) is 11.3 Å². The van der Waals surface area contributed by atoms with E-state index in [0.717, 1.165) is 35.9 Å². The molecule has 1 unspecified atom stereocenters. The molecule has 154 valence electrons. The zero-order valence-corrected chi connectivity index (χ0v) is 18.0. The zero-order chi connectivity index (χ0) is 20.8. The van der Waals surface area contributed by atoms with Crippen LogP contribution in [0.1, 0.15) is 36.4 Å². The standard InChI is InChI=1S/C22H31N7/c1-6-23-22(26-16(2)14-20-17(3)27-28(5)18(20)4)24-15-19-10-7-8-11-21(19)29-13-9-12-25-29/h7-13,16H,6,14-15H2,1-5H3,(H2,23,24,26). The van der Waals surface area contributed by atoms with E-state index in [-0.39, 0.29) is 6.04 Å². The van der Waals surface area contributed by atoms with Crippen molar-refractivity contribution in [1.82, 2.24) is 30.2 Å². The van der Waals surface area contributed by atoms with Gasteiger partial charge >= 0.3 is 0 Å². The van der Waals surface area contributed by atoms with Crippen LogP contribution in [0.15, 0.2) is 47.7 Å². The summed E-state index contributed by atoms with van der Waals surface area (Å²) < 4.78 is 3.82. The smallest absolute Gasteiger partial charge is 0.191 e. The number of para-hydroxylation sites is 1. The lowest BCUT2D eigenvalue weighted by Crippen LogP contribution is -2.43. The molecule has 0 bridgehead atoms. The summed E-state index contributed by atoms with van der Waals surface area (Å²) >= 11 is 0. The van der Waals surface area contributed by atoms with Crippen LogP contribution in [0.3, 0.4) is 0 Å². The molecule has 7 nitrogen and oxygen atoms in total. The molecule has 0 fully saturated rings. The van der Waals surface area contributed by atoms with Gasteiger partial charge in [0.05, 0.1) is 17.9 Å². The van der Waals surface area contributed by atoms with Crippen LogP contribution in [-0.4, -0.2) is 38.1 Å². The van der Waals surface area contributed by atoms with E-state index in [2.05, 4.69) is 60.7 Å². The molecule has 0 radical (unpaired) electrons. The second-order valence-corrected chi connectivity index (χ2v) is 7.30. The lowest BCUT2D eigenvalue weighted by Gasteiger charge is -2.18. The monoisotopic (exact) mass is 393 g/mol. The van der Waals surface area contributed by atoms with Crippen molar-refractivity contribution in [2.45, 2.75) is 46.7 Å². The summed E-state index contributed by atoms with van der Waals surface area (Å²) in [6.45, 7) is 9.83. The predicted molar refractivity (Wildman–Crippen MR) is 117 cm³/mol. The third-order valence-corrected chi connectivity index (χ3v) is 5.05. The van der Waals surface area contributed by atoms with Crippen molar-refractivity contribution < 1.29 is 0 Å². The van der Waals surface area contributed by atoms with Crippen molar-refractivity contribution in [3.05, 3.63) is 65.2 Å². The lowest BCUT2D eigenvalue weighted by molar-refractivity contribution is 0.635. The summed E-state index contributed by atoms with van der Waals surface area (Å²) in [5, 5.41) is 15.8. The van der Waals surface area contributed by atoms with Gasteiger partial charge in [0, 0.05) is 37.7 Å². The van der Waals surface area contributed by atoms with E-state index >= 15 is 0 Å². The molecule has 7 heteroatoms. The molecule has 1 atom stereocenters. The van der Waals surface area contributed by atoms with Gasteiger partial charge in [0.15, 0.2) is 5.96 Å². The Morgan fingerprint density at radius 1 is 1.21 bits per heavy atom. The fourth-order valence-corrected chi connectivity index (χ4v) is 3.47. The number of aromatic nitrogens is 4. The molecule has 29 heavy (non-hydrogen) atoms. The molecule has 0 aliphatic rings. The van der Waals surface area contributed by atoms with Gasteiger partial charge < -0.3 is 10.6 Å². The van der Waals surface area contributed by atoms with Crippen molar-refractivity contribution in [1.29, 1.82) is 0 Å². The second-order valence-electron chi connectivity index (χ2n) is 7.30. The summed E-state index contributed by atoms with van der Waals surface area (Å²) in [4.78, 5) is 4.82. The van der Waals surface area contributed by atoms with Crippen LogP contribution in [0, 0.1) is 13.8 Å². The molecular formula is C22H31N7. The van der Waals surface area contributed by atoms with Gasteiger partial charge in [0.2, 0.25) is 0 Å². The molecule has 0 spiro atoms. The fraction of sp³-hybridized carbons (Fsp3) is 0.409. The van der Waals surface area contributed by atoms with E-state index in [9.17, 15) is 0 Å². The number of hydrogen-bond acceptors (Lipinski definition) is 3. The number of benzene rings is 1. The minimum atomic E-state index is 0.232.